The van der Waals surface area contributed by atoms with E-state index < -0.39 is 0 Å². The molecule has 0 aromatic carbocycles. The SMILES string of the molecule is CCCNCc1cc(Br)cnc1OCC1CCCCC1. The van der Waals surface area contributed by atoms with Crippen LogP contribution in [0.1, 0.15) is 51.0 Å². The second-order valence-corrected chi connectivity index (χ2v) is 6.53. The van der Waals surface area contributed by atoms with Gasteiger partial charge in [0.2, 0.25) is 5.88 Å². The van der Waals surface area contributed by atoms with E-state index in [-0.39, 0.29) is 0 Å². The monoisotopic (exact) mass is 340 g/mol. The van der Waals surface area contributed by atoms with Crippen LogP contribution in [0.3, 0.4) is 0 Å². The Balaban J connectivity index is 1.91. The van der Waals surface area contributed by atoms with Crippen LogP contribution in [0.2, 0.25) is 0 Å². The molecule has 1 heterocycles. The van der Waals surface area contributed by atoms with E-state index in [1.165, 1.54) is 32.1 Å². The zero-order valence-electron chi connectivity index (χ0n) is 12.3. The van der Waals surface area contributed by atoms with Crippen molar-refractivity contribution in [3.8, 4) is 5.88 Å². The van der Waals surface area contributed by atoms with Crippen LogP contribution < -0.4 is 10.1 Å². The van der Waals surface area contributed by atoms with Crippen molar-refractivity contribution in [3.05, 3.63) is 22.3 Å². The number of pyridine rings is 1. The van der Waals surface area contributed by atoms with Crippen LogP contribution in [-0.2, 0) is 6.54 Å². The number of hydrogen-bond donors (Lipinski definition) is 1. The van der Waals surface area contributed by atoms with E-state index in [1.54, 1.807) is 0 Å². The smallest absolute Gasteiger partial charge is 0.217 e. The Labute approximate surface area is 130 Å². The molecule has 112 valence electrons. The molecule has 0 aliphatic heterocycles. The van der Waals surface area contributed by atoms with Gasteiger partial charge in [-0.05, 0) is 53.7 Å². The third-order valence-corrected chi connectivity index (χ3v) is 4.25. The van der Waals surface area contributed by atoms with Crippen molar-refractivity contribution in [2.45, 2.75) is 52.0 Å². The molecule has 0 unspecified atom stereocenters. The lowest BCUT2D eigenvalue weighted by Gasteiger charge is -2.22. The number of rotatable bonds is 7. The van der Waals surface area contributed by atoms with Crippen LogP contribution >= 0.6 is 15.9 Å². The van der Waals surface area contributed by atoms with Gasteiger partial charge in [-0.2, -0.15) is 0 Å². The van der Waals surface area contributed by atoms with E-state index in [0.29, 0.717) is 5.92 Å². The lowest BCUT2D eigenvalue weighted by atomic mass is 9.90. The minimum Gasteiger partial charge on any atom is -0.477 e. The van der Waals surface area contributed by atoms with Crippen molar-refractivity contribution in [3.63, 3.8) is 0 Å². The Kier molecular flexibility index (Phi) is 6.80. The van der Waals surface area contributed by atoms with Crippen molar-refractivity contribution >= 4 is 15.9 Å². The number of ether oxygens (including phenoxy) is 1. The summed E-state index contributed by atoms with van der Waals surface area (Å²) in [7, 11) is 0. The first-order valence-corrected chi connectivity index (χ1v) is 8.57. The number of nitrogens with one attached hydrogen (secondary N) is 1. The summed E-state index contributed by atoms with van der Waals surface area (Å²) in [6.45, 7) is 4.83. The van der Waals surface area contributed by atoms with E-state index in [9.17, 15) is 0 Å². The highest BCUT2D eigenvalue weighted by molar-refractivity contribution is 9.10. The highest BCUT2D eigenvalue weighted by Gasteiger charge is 2.15. The van der Waals surface area contributed by atoms with Gasteiger partial charge in [0.25, 0.3) is 0 Å². The van der Waals surface area contributed by atoms with E-state index in [2.05, 4.69) is 39.2 Å². The van der Waals surface area contributed by atoms with Gasteiger partial charge in [0.1, 0.15) is 0 Å². The second kappa shape index (κ2) is 8.63. The third-order valence-electron chi connectivity index (χ3n) is 3.81. The van der Waals surface area contributed by atoms with Crippen molar-refractivity contribution < 1.29 is 4.74 Å². The zero-order chi connectivity index (χ0) is 14.2. The fraction of sp³-hybridized carbons (Fsp3) is 0.688. The molecule has 0 atom stereocenters. The van der Waals surface area contributed by atoms with E-state index >= 15 is 0 Å². The molecule has 0 spiro atoms. The van der Waals surface area contributed by atoms with E-state index in [4.69, 9.17) is 4.74 Å². The largest absolute Gasteiger partial charge is 0.477 e. The number of aromatic nitrogens is 1. The highest BCUT2D eigenvalue weighted by Crippen LogP contribution is 2.26. The van der Waals surface area contributed by atoms with Crippen LogP contribution in [0.4, 0.5) is 0 Å². The molecular formula is C16H25BrN2O. The lowest BCUT2D eigenvalue weighted by Crippen LogP contribution is -2.18. The van der Waals surface area contributed by atoms with Gasteiger partial charge in [0, 0.05) is 22.8 Å². The van der Waals surface area contributed by atoms with E-state index in [1.807, 2.05) is 6.20 Å². The van der Waals surface area contributed by atoms with Gasteiger partial charge < -0.3 is 10.1 Å². The molecule has 1 saturated carbocycles. The molecule has 1 fully saturated rings. The Morgan fingerprint density at radius 2 is 2.15 bits per heavy atom. The highest BCUT2D eigenvalue weighted by atomic mass is 79.9. The van der Waals surface area contributed by atoms with Gasteiger partial charge in [-0.1, -0.05) is 26.2 Å². The summed E-state index contributed by atoms with van der Waals surface area (Å²) >= 11 is 3.49. The topological polar surface area (TPSA) is 34.2 Å². The zero-order valence-corrected chi connectivity index (χ0v) is 13.9. The fourth-order valence-corrected chi connectivity index (χ4v) is 3.05. The second-order valence-electron chi connectivity index (χ2n) is 5.61. The maximum absolute atomic E-state index is 5.99. The van der Waals surface area contributed by atoms with Gasteiger partial charge in [0.15, 0.2) is 0 Å². The summed E-state index contributed by atoms with van der Waals surface area (Å²) in [6, 6.07) is 2.10. The molecule has 1 aliphatic rings. The molecule has 2 rings (SSSR count). The first kappa shape index (κ1) is 15.8. The fourth-order valence-electron chi connectivity index (χ4n) is 2.68. The molecule has 3 nitrogen and oxygen atoms in total. The predicted octanol–water partition coefficient (Wildman–Crippen LogP) is 4.30. The molecule has 1 aliphatic carbocycles. The molecule has 1 aromatic heterocycles. The molecule has 20 heavy (non-hydrogen) atoms. The molecule has 0 radical (unpaired) electrons. The van der Waals surface area contributed by atoms with Crippen molar-refractivity contribution in [1.29, 1.82) is 0 Å². The number of halogens is 1. The summed E-state index contributed by atoms with van der Waals surface area (Å²) in [5.74, 6) is 1.51. The van der Waals surface area contributed by atoms with Gasteiger partial charge in [0.05, 0.1) is 6.61 Å². The van der Waals surface area contributed by atoms with Crippen LogP contribution in [-0.4, -0.2) is 18.1 Å². The van der Waals surface area contributed by atoms with Crippen molar-refractivity contribution in [1.82, 2.24) is 10.3 Å². The standard InChI is InChI=1S/C16H25BrN2O/c1-2-8-18-10-14-9-15(17)11-19-16(14)20-12-13-6-4-3-5-7-13/h9,11,13,18H,2-8,10,12H2,1H3. The molecule has 1 aromatic rings. The average Bonchev–Trinajstić information content (AvgIpc) is 2.48. The maximum Gasteiger partial charge on any atom is 0.217 e. The van der Waals surface area contributed by atoms with Crippen molar-refractivity contribution in [2.24, 2.45) is 5.92 Å². The molecule has 1 N–H and O–H groups in total. The first-order valence-electron chi connectivity index (χ1n) is 7.77. The van der Waals surface area contributed by atoms with Gasteiger partial charge in [-0.15, -0.1) is 0 Å². The quantitative estimate of drug-likeness (QED) is 0.751. The summed E-state index contributed by atoms with van der Waals surface area (Å²) in [5.41, 5.74) is 1.14. The third kappa shape index (κ3) is 5.06. The summed E-state index contributed by atoms with van der Waals surface area (Å²) in [5, 5.41) is 3.42. The molecule has 0 saturated heterocycles. The van der Waals surface area contributed by atoms with Crippen LogP contribution in [0.15, 0.2) is 16.7 Å². The Morgan fingerprint density at radius 1 is 1.35 bits per heavy atom. The summed E-state index contributed by atoms with van der Waals surface area (Å²) in [6.07, 6.45) is 9.66. The molecule has 0 amide bonds. The Morgan fingerprint density at radius 3 is 2.90 bits per heavy atom. The summed E-state index contributed by atoms with van der Waals surface area (Å²) < 4.78 is 7.00. The molecule has 0 bridgehead atoms. The van der Waals surface area contributed by atoms with Crippen LogP contribution in [0.25, 0.3) is 0 Å². The number of hydrogen-bond acceptors (Lipinski definition) is 3. The van der Waals surface area contributed by atoms with Crippen LogP contribution in [0.5, 0.6) is 5.88 Å². The Bertz CT molecular complexity index is 405. The van der Waals surface area contributed by atoms with Crippen molar-refractivity contribution in [2.75, 3.05) is 13.2 Å². The summed E-state index contributed by atoms with van der Waals surface area (Å²) in [4.78, 5) is 4.43. The average molecular weight is 341 g/mol. The maximum atomic E-state index is 5.99. The van der Waals surface area contributed by atoms with Gasteiger partial charge in [-0.3, -0.25) is 0 Å². The lowest BCUT2D eigenvalue weighted by molar-refractivity contribution is 0.201. The van der Waals surface area contributed by atoms with E-state index in [0.717, 1.165) is 42.0 Å². The van der Waals surface area contributed by atoms with Crippen LogP contribution in [0, 0.1) is 5.92 Å². The Hall–Kier alpha value is -0.610. The molecular weight excluding hydrogens is 316 g/mol. The number of nitrogens with zero attached hydrogens (tertiary/aromatic N) is 1. The van der Waals surface area contributed by atoms with Gasteiger partial charge in [-0.25, -0.2) is 4.98 Å². The normalized spacial score (nSPS) is 16.3. The first-order chi connectivity index (χ1) is 9.79. The van der Waals surface area contributed by atoms with Gasteiger partial charge >= 0.3 is 0 Å². The minimum absolute atomic E-state index is 0.714. The molecule has 4 heteroatoms. The minimum atomic E-state index is 0.714. The predicted molar refractivity (Wildman–Crippen MR) is 86.0 cm³/mol.